The van der Waals surface area contributed by atoms with E-state index in [1.807, 2.05) is 20.8 Å². The van der Waals surface area contributed by atoms with Crippen LogP contribution in [0.15, 0.2) is 0 Å². The van der Waals surface area contributed by atoms with E-state index in [4.69, 9.17) is 4.74 Å². The zero-order valence-electron chi connectivity index (χ0n) is 12.8. The second kappa shape index (κ2) is 5.62. The molecule has 5 heteroatoms. The number of likely N-dealkylation sites (tertiary alicyclic amines) is 1. The van der Waals surface area contributed by atoms with E-state index >= 15 is 0 Å². The lowest BCUT2D eigenvalue weighted by atomic mass is 9.83. The molecule has 1 spiro atoms. The summed E-state index contributed by atoms with van der Waals surface area (Å²) in [7, 11) is 0. The van der Waals surface area contributed by atoms with E-state index in [1.165, 1.54) is 0 Å². The van der Waals surface area contributed by atoms with Gasteiger partial charge in [0.25, 0.3) is 0 Å². The molecule has 2 saturated heterocycles. The Morgan fingerprint density at radius 2 is 1.85 bits per heavy atom. The quantitative estimate of drug-likeness (QED) is 0.742. The molecule has 0 atom stereocenters. The Hall–Kier alpha value is -1.26. The number of hydrogen-bond acceptors (Lipinski definition) is 3. The molecule has 1 N–H and O–H groups in total. The van der Waals surface area contributed by atoms with Crippen LogP contribution in [0.2, 0.25) is 0 Å². The van der Waals surface area contributed by atoms with E-state index in [1.54, 1.807) is 4.90 Å². The number of nitrogens with zero attached hydrogens (tertiary/aromatic N) is 1. The van der Waals surface area contributed by atoms with Gasteiger partial charge in [-0.2, -0.15) is 0 Å². The zero-order chi connectivity index (χ0) is 14.8. The SMILES string of the molecule is CC(C)(C)OC(=O)N1CCC2(CCCCC(=O)N2)CC1. The molecule has 0 unspecified atom stereocenters. The molecule has 0 aromatic carbocycles. The molecule has 0 bridgehead atoms. The van der Waals surface area contributed by atoms with Crippen molar-refractivity contribution in [3.8, 4) is 0 Å². The van der Waals surface area contributed by atoms with Crippen molar-refractivity contribution in [3.63, 3.8) is 0 Å². The molecule has 5 nitrogen and oxygen atoms in total. The molecule has 2 amide bonds. The predicted molar refractivity (Wildman–Crippen MR) is 76.4 cm³/mol. The Morgan fingerprint density at radius 3 is 2.45 bits per heavy atom. The monoisotopic (exact) mass is 282 g/mol. The van der Waals surface area contributed by atoms with Gasteiger partial charge in [0.15, 0.2) is 0 Å². The van der Waals surface area contributed by atoms with Gasteiger partial charge in [-0.25, -0.2) is 4.79 Å². The molecule has 2 aliphatic heterocycles. The Morgan fingerprint density at radius 1 is 1.20 bits per heavy atom. The first-order valence-corrected chi connectivity index (χ1v) is 7.59. The summed E-state index contributed by atoms with van der Waals surface area (Å²) in [6, 6.07) is 0. The van der Waals surface area contributed by atoms with Crippen molar-refractivity contribution in [2.24, 2.45) is 0 Å². The lowest BCUT2D eigenvalue weighted by molar-refractivity contribution is -0.123. The minimum Gasteiger partial charge on any atom is -0.444 e. The van der Waals surface area contributed by atoms with Gasteiger partial charge in [-0.15, -0.1) is 0 Å². The number of carbonyl (C=O) groups excluding carboxylic acids is 2. The van der Waals surface area contributed by atoms with Crippen LogP contribution in [0.5, 0.6) is 0 Å². The van der Waals surface area contributed by atoms with Crippen molar-refractivity contribution in [2.75, 3.05) is 13.1 Å². The standard InChI is InChI=1S/C15H26N2O3/c1-14(2,3)20-13(19)17-10-8-15(9-11-17)7-5-4-6-12(18)16-15/h4-11H2,1-3H3,(H,16,18). The van der Waals surface area contributed by atoms with Gasteiger partial charge >= 0.3 is 6.09 Å². The largest absolute Gasteiger partial charge is 0.444 e. The molecular formula is C15H26N2O3. The highest BCUT2D eigenvalue weighted by atomic mass is 16.6. The summed E-state index contributed by atoms with van der Waals surface area (Å²) >= 11 is 0. The maximum absolute atomic E-state index is 12.0. The van der Waals surface area contributed by atoms with Crippen molar-refractivity contribution < 1.29 is 14.3 Å². The van der Waals surface area contributed by atoms with Crippen molar-refractivity contribution in [1.82, 2.24) is 10.2 Å². The molecule has 114 valence electrons. The van der Waals surface area contributed by atoms with Crippen molar-refractivity contribution in [2.45, 2.75) is 70.4 Å². The minimum absolute atomic E-state index is 0.0912. The van der Waals surface area contributed by atoms with Crippen LogP contribution in [0.4, 0.5) is 4.79 Å². The van der Waals surface area contributed by atoms with Crippen LogP contribution >= 0.6 is 0 Å². The van der Waals surface area contributed by atoms with E-state index < -0.39 is 5.60 Å². The van der Waals surface area contributed by atoms with Crippen LogP contribution < -0.4 is 5.32 Å². The third-order valence-corrected chi connectivity index (χ3v) is 4.09. The maximum atomic E-state index is 12.0. The lowest BCUT2D eigenvalue weighted by Gasteiger charge is -2.42. The molecule has 2 aliphatic rings. The van der Waals surface area contributed by atoms with Crippen LogP contribution in [-0.4, -0.2) is 41.1 Å². The normalized spacial score (nSPS) is 23.1. The molecular weight excluding hydrogens is 256 g/mol. The highest BCUT2D eigenvalue weighted by Crippen LogP contribution is 2.30. The van der Waals surface area contributed by atoms with Gasteiger partial charge in [-0.3, -0.25) is 4.79 Å². The summed E-state index contributed by atoms with van der Waals surface area (Å²) in [4.78, 5) is 25.5. The van der Waals surface area contributed by atoms with Crippen molar-refractivity contribution >= 4 is 12.0 Å². The van der Waals surface area contributed by atoms with Gasteiger partial charge in [-0.1, -0.05) is 6.42 Å². The summed E-state index contributed by atoms with van der Waals surface area (Å²) in [6.45, 7) is 6.95. The summed E-state index contributed by atoms with van der Waals surface area (Å²) in [5.41, 5.74) is -0.547. The Bertz CT molecular complexity index is 379. The van der Waals surface area contributed by atoms with Crippen LogP contribution in [0, 0.1) is 0 Å². The number of piperidine rings is 1. The predicted octanol–water partition coefficient (Wildman–Crippen LogP) is 2.45. The lowest BCUT2D eigenvalue weighted by Crippen LogP contribution is -2.55. The molecule has 0 aliphatic carbocycles. The van der Waals surface area contributed by atoms with Crippen molar-refractivity contribution in [1.29, 1.82) is 0 Å². The van der Waals surface area contributed by atoms with Gasteiger partial charge in [0.2, 0.25) is 5.91 Å². The fourth-order valence-corrected chi connectivity index (χ4v) is 2.99. The number of ether oxygens (including phenoxy) is 1. The highest BCUT2D eigenvalue weighted by molar-refractivity contribution is 5.77. The van der Waals surface area contributed by atoms with E-state index in [-0.39, 0.29) is 17.5 Å². The van der Waals surface area contributed by atoms with E-state index in [0.717, 1.165) is 32.1 Å². The van der Waals surface area contributed by atoms with Gasteiger partial charge in [0.1, 0.15) is 5.60 Å². The Kier molecular flexibility index (Phi) is 4.25. The Balaban J connectivity index is 1.91. The Labute approximate surface area is 121 Å². The summed E-state index contributed by atoms with van der Waals surface area (Å²) in [5, 5.41) is 3.18. The van der Waals surface area contributed by atoms with Gasteiger partial charge in [-0.05, 0) is 46.5 Å². The molecule has 20 heavy (non-hydrogen) atoms. The third kappa shape index (κ3) is 3.87. The average molecular weight is 282 g/mol. The first-order chi connectivity index (χ1) is 9.30. The number of rotatable bonds is 0. The second-order valence-corrected chi connectivity index (χ2v) is 7.00. The second-order valence-electron chi connectivity index (χ2n) is 7.00. The third-order valence-electron chi connectivity index (χ3n) is 4.09. The zero-order valence-corrected chi connectivity index (χ0v) is 12.8. The van der Waals surface area contributed by atoms with Gasteiger partial charge in [0, 0.05) is 25.0 Å². The number of amides is 2. The first-order valence-electron chi connectivity index (χ1n) is 7.59. The van der Waals surface area contributed by atoms with Crippen LogP contribution in [0.3, 0.4) is 0 Å². The fraction of sp³-hybridized carbons (Fsp3) is 0.867. The summed E-state index contributed by atoms with van der Waals surface area (Å²) in [5.74, 6) is 0.160. The van der Waals surface area contributed by atoms with E-state index in [9.17, 15) is 9.59 Å². The molecule has 2 rings (SSSR count). The average Bonchev–Trinajstić information content (AvgIpc) is 2.50. The highest BCUT2D eigenvalue weighted by Gasteiger charge is 2.38. The van der Waals surface area contributed by atoms with Crippen LogP contribution in [-0.2, 0) is 9.53 Å². The van der Waals surface area contributed by atoms with E-state index in [2.05, 4.69) is 5.32 Å². The number of nitrogens with one attached hydrogen (secondary N) is 1. The topological polar surface area (TPSA) is 58.6 Å². The summed E-state index contributed by atoms with van der Waals surface area (Å²) in [6.07, 6.45) is 5.15. The van der Waals surface area contributed by atoms with E-state index in [0.29, 0.717) is 19.5 Å². The van der Waals surface area contributed by atoms with Gasteiger partial charge < -0.3 is 15.0 Å². The molecule has 0 saturated carbocycles. The number of carbonyl (C=O) groups is 2. The first kappa shape index (κ1) is 15.1. The van der Waals surface area contributed by atoms with Crippen LogP contribution in [0.1, 0.15) is 59.3 Å². The molecule has 0 radical (unpaired) electrons. The molecule has 0 aromatic rings. The maximum Gasteiger partial charge on any atom is 0.410 e. The molecule has 2 fully saturated rings. The number of hydrogen-bond donors (Lipinski definition) is 1. The van der Waals surface area contributed by atoms with Crippen molar-refractivity contribution in [3.05, 3.63) is 0 Å². The van der Waals surface area contributed by atoms with Crippen LogP contribution in [0.25, 0.3) is 0 Å². The fourth-order valence-electron chi connectivity index (χ4n) is 2.99. The molecule has 2 heterocycles. The minimum atomic E-state index is -0.456. The smallest absolute Gasteiger partial charge is 0.410 e. The summed E-state index contributed by atoms with van der Waals surface area (Å²) < 4.78 is 5.40. The molecule has 0 aromatic heterocycles. The van der Waals surface area contributed by atoms with Gasteiger partial charge in [0.05, 0.1) is 0 Å².